The summed E-state index contributed by atoms with van der Waals surface area (Å²) in [6.45, 7) is 2.69. The van der Waals surface area contributed by atoms with Crippen molar-refractivity contribution in [3.8, 4) is 0 Å². The van der Waals surface area contributed by atoms with E-state index in [1.807, 2.05) is 10.6 Å². The third-order valence-electron chi connectivity index (χ3n) is 3.39. The lowest BCUT2D eigenvalue weighted by molar-refractivity contribution is 0.637. The van der Waals surface area contributed by atoms with Gasteiger partial charge in [0.25, 0.3) is 0 Å². The second-order valence-corrected chi connectivity index (χ2v) is 5.11. The van der Waals surface area contributed by atoms with Crippen molar-refractivity contribution in [2.75, 3.05) is 0 Å². The highest BCUT2D eigenvalue weighted by Crippen LogP contribution is 2.21. The van der Waals surface area contributed by atoms with Crippen molar-refractivity contribution in [3.05, 3.63) is 65.2 Å². The molecule has 0 N–H and O–H groups in total. The number of benzene rings is 2. The third kappa shape index (κ3) is 2.29. The largest absolute Gasteiger partial charge is 0.322 e. The lowest BCUT2D eigenvalue weighted by atomic mass is 10.1. The van der Waals surface area contributed by atoms with Crippen LogP contribution in [0.15, 0.2) is 42.5 Å². The number of imidazole rings is 1. The van der Waals surface area contributed by atoms with Gasteiger partial charge in [0.1, 0.15) is 11.3 Å². The molecule has 0 aliphatic rings. The van der Waals surface area contributed by atoms with Gasteiger partial charge in [0.2, 0.25) is 0 Å². The fourth-order valence-corrected chi connectivity index (χ4v) is 2.52. The number of halogens is 2. The van der Waals surface area contributed by atoms with E-state index in [-0.39, 0.29) is 11.7 Å². The molecule has 0 atom stereocenters. The maximum absolute atomic E-state index is 13.8. The molecule has 0 bridgehead atoms. The molecule has 0 amide bonds. The number of fused-ring (bicyclic) bond motifs is 1. The van der Waals surface area contributed by atoms with E-state index in [0.29, 0.717) is 17.9 Å². The van der Waals surface area contributed by atoms with E-state index in [9.17, 15) is 4.39 Å². The van der Waals surface area contributed by atoms with E-state index in [2.05, 4.69) is 36.2 Å². The molecule has 2 nitrogen and oxygen atoms in total. The zero-order valence-corrected chi connectivity index (χ0v) is 11.9. The molecule has 0 aliphatic carbocycles. The summed E-state index contributed by atoms with van der Waals surface area (Å²) in [5, 5.41) is 0. The smallest absolute Gasteiger partial charge is 0.151 e. The van der Waals surface area contributed by atoms with Crippen molar-refractivity contribution >= 4 is 22.6 Å². The monoisotopic (exact) mass is 288 g/mol. The number of rotatable bonds is 3. The Bertz CT molecular complexity index is 747. The number of hydrogen-bond acceptors (Lipinski definition) is 1. The Morgan fingerprint density at radius 1 is 1.15 bits per heavy atom. The topological polar surface area (TPSA) is 17.8 Å². The molecular weight excluding hydrogens is 275 g/mol. The highest BCUT2D eigenvalue weighted by atomic mass is 35.5. The van der Waals surface area contributed by atoms with Crippen LogP contribution in [-0.4, -0.2) is 9.55 Å². The average molecular weight is 289 g/mol. The highest BCUT2D eigenvalue weighted by Gasteiger charge is 2.13. The minimum absolute atomic E-state index is 0.264. The predicted octanol–water partition coefficient (Wildman–Crippen LogP) is 4.27. The zero-order chi connectivity index (χ0) is 14.1. The summed E-state index contributed by atoms with van der Waals surface area (Å²) in [5.41, 5.74) is 3.52. The highest BCUT2D eigenvalue weighted by molar-refractivity contribution is 6.16. The number of aryl methyl sites for hydroxylation is 1. The number of hydrogen-bond donors (Lipinski definition) is 0. The Labute approximate surface area is 121 Å². The summed E-state index contributed by atoms with van der Waals surface area (Å²) in [6.07, 6.45) is 0. The molecule has 2 aromatic carbocycles. The van der Waals surface area contributed by atoms with E-state index < -0.39 is 0 Å². The molecule has 0 radical (unpaired) electrons. The van der Waals surface area contributed by atoms with Crippen LogP contribution in [-0.2, 0) is 12.4 Å². The summed E-state index contributed by atoms with van der Waals surface area (Å²) < 4.78 is 15.8. The lowest BCUT2D eigenvalue weighted by Crippen LogP contribution is -2.03. The summed E-state index contributed by atoms with van der Waals surface area (Å²) in [4.78, 5) is 4.30. The molecule has 1 heterocycles. The van der Waals surface area contributed by atoms with Crippen LogP contribution in [0, 0.1) is 12.7 Å². The summed E-state index contributed by atoms with van der Waals surface area (Å²) >= 11 is 5.94. The molecule has 1 aromatic heterocycles. The standard InChI is InChI=1S/C16H14ClFN2/c1-11-5-7-12(8-6-11)10-20-14-4-2-3-13(18)16(14)19-15(20)9-17/h2-8H,9-10H2,1H3. The van der Waals surface area contributed by atoms with Crippen molar-refractivity contribution in [3.63, 3.8) is 0 Å². The van der Waals surface area contributed by atoms with E-state index in [1.165, 1.54) is 11.6 Å². The van der Waals surface area contributed by atoms with Gasteiger partial charge in [-0.1, -0.05) is 35.9 Å². The average Bonchev–Trinajstić information content (AvgIpc) is 2.81. The lowest BCUT2D eigenvalue weighted by Gasteiger charge is -2.08. The first-order valence-corrected chi connectivity index (χ1v) is 6.97. The quantitative estimate of drug-likeness (QED) is 0.658. The van der Waals surface area contributed by atoms with Gasteiger partial charge in [0.15, 0.2) is 5.82 Å². The first kappa shape index (κ1) is 13.1. The van der Waals surface area contributed by atoms with Gasteiger partial charge in [0, 0.05) is 6.54 Å². The molecule has 4 heteroatoms. The number of aromatic nitrogens is 2. The van der Waals surface area contributed by atoms with E-state index in [4.69, 9.17) is 11.6 Å². The first-order chi connectivity index (χ1) is 9.69. The molecule has 0 spiro atoms. The van der Waals surface area contributed by atoms with Crippen molar-refractivity contribution in [2.45, 2.75) is 19.3 Å². The SMILES string of the molecule is Cc1ccc(Cn2c(CCl)nc3c(F)cccc32)cc1. The van der Waals surface area contributed by atoms with Crippen LogP contribution in [0.5, 0.6) is 0 Å². The van der Waals surface area contributed by atoms with Crippen molar-refractivity contribution in [1.29, 1.82) is 0 Å². The molecular formula is C16H14ClFN2. The number of alkyl halides is 1. The van der Waals surface area contributed by atoms with Crippen molar-refractivity contribution in [1.82, 2.24) is 9.55 Å². The van der Waals surface area contributed by atoms with Crippen molar-refractivity contribution < 1.29 is 4.39 Å². The third-order valence-corrected chi connectivity index (χ3v) is 3.63. The molecule has 3 rings (SSSR count). The van der Waals surface area contributed by atoms with Crippen LogP contribution < -0.4 is 0 Å². The molecule has 0 aliphatic heterocycles. The van der Waals surface area contributed by atoms with Gasteiger partial charge in [-0.15, -0.1) is 11.6 Å². The fraction of sp³-hybridized carbons (Fsp3) is 0.188. The molecule has 102 valence electrons. The van der Waals surface area contributed by atoms with Gasteiger partial charge in [0.05, 0.1) is 11.4 Å². The molecule has 0 saturated carbocycles. The Kier molecular flexibility index (Phi) is 3.45. The van der Waals surface area contributed by atoms with Crippen molar-refractivity contribution in [2.24, 2.45) is 0 Å². The van der Waals surface area contributed by atoms with Crippen LogP contribution in [0.25, 0.3) is 11.0 Å². The molecule has 0 saturated heterocycles. The van der Waals surface area contributed by atoms with Crippen LogP contribution in [0.3, 0.4) is 0 Å². The Hall–Kier alpha value is -1.87. The summed E-state index contributed by atoms with van der Waals surface area (Å²) in [7, 11) is 0. The summed E-state index contributed by atoms with van der Waals surface area (Å²) in [6, 6.07) is 13.3. The zero-order valence-electron chi connectivity index (χ0n) is 11.1. The van der Waals surface area contributed by atoms with Crippen LogP contribution in [0.1, 0.15) is 17.0 Å². The van der Waals surface area contributed by atoms with Gasteiger partial charge >= 0.3 is 0 Å². The maximum Gasteiger partial charge on any atom is 0.151 e. The van der Waals surface area contributed by atoms with Gasteiger partial charge in [-0.25, -0.2) is 9.37 Å². The second-order valence-electron chi connectivity index (χ2n) is 4.84. The molecule has 20 heavy (non-hydrogen) atoms. The normalized spacial score (nSPS) is 11.2. The second kappa shape index (κ2) is 5.25. The Morgan fingerprint density at radius 2 is 1.90 bits per heavy atom. The molecule has 0 fully saturated rings. The van der Waals surface area contributed by atoms with Gasteiger partial charge < -0.3 is 4.57 Å². The van der Waals surface area contributed by atoms with Crippen LogP contribution in [0.2, 0.25) is 0 Å². The number of para-hydroxylation sites is 1. The molecule has 3 aromatic rings. The van der Waals surface area contributed by atoms with Gasteiger partial charge in [-0.2, -0.15) is 0 Å². The van der Waals surface area contributed by atoms with E-state index >= 15 is 0 Å². The minimum atomic E-state index is -0.309. The number of nitrogens with zero attached hydrogens (tertiary/aromatic N) is 2. The molecule has 0 unspecified atom stereocenters. The van der Waals surface area contributed by atoms with Gasteiger partial charge in [-0.05, 0) is 24.6 Å². The Morgan fingerprint density at radius 3 is 2.60 bits per heavy atom. The fourth-order valence-electron chi connectivity index (χ4n) is 2.32. The van der Waals surface area contributed by atoms with E-state index in [1.54, 1.807) is 6.07 Å². The van der Waals surface area contributed by atoms with Crippen LogP contribution >= 0.6 is 11.6 Å². The van der Waals surface area contributed by atoms with E-state index in [0.717, 1.165) is 11.1 Å². The Balaban J connectivity index is 2.10. The van der Waals surface area contributed by atoms with Gasteiger partial charge in [-0.3, -0.25) is 0 Å². The predicted molar refractivity (Wildman–Crippen MR) is 79.5 cm³/mol. The summed E-state index contributed by atoms with van der Waals surface area (Å²) in [5.74, 6) is 0.642. The maximum atomic E-state index is 13.8. The van der Waals surface area contributed by atoms with Crippen LogP contribution in [0.4, 0.5) is 4.39 Å². The minimum Gasteiger partial charge on any atom is -0.322 e. The first-order valence-electron chi connectivity index (χ1n) is 6.44.